The molecule has 0 bridgehead atoms. The van der Waals surface area contributed by atoms with E-state index >= 15 is 0 Å². The smallest absolute Gasteiger partial charge is 0.325 e. The van der Waals surface area contributed by atoms with Gasteiger partial charge in [-0.2, -0.15) is 4.98 Å². The van der Waals surface area contributed by atoms with Gasteiger partial charge in [0.15, 0.2) is 5.16 Å². The minimum absolute atomic E-state index is 0.134. The van der Waals surface area contributed by atoms with Gasteiger partial charge in [-0.15, -0.1) is 0 Å². The second kappa shape index (κ2) is 7.06. The molecule has 1 aromatic carbocycles. The van der Waals surface area contributed by atoms with Crippen molar-refractivity contribution in [1.29, 1.82) is 0 Å². The molecule has 0 fully saturated rings. The summed E-state index contributed by atoms with van der Waals surface area (Å²) in [4.78, 5) is 32.5. The topological polar surface area (TPSA) is 76.4 Å². The fourth-order valence-electron chi connectivity index (χ4n) is 2.35. The highest BCUT2D eigenvalue weighted by Gasteiger charge is 2.09. The van der Waals surface area contributed by atoms with E-state index in [9.17, 15) is 9.59 Å². The van der Waals surface area contributed by atoms with E-state index in [0.717, 1.165) is 34.1 Å². The van der Waals surface area contributed by atoms with Gasteiger partial charge in [0.1, 0.15) is 5.65 Å². The van der Waals surface area contributed by atoms with Crippen LogP contribution in [-0.4, -0.2) is 26.0 Å². The van der Waals surface area contributed by atoms with Crippen LogP contribution in [0.2, 0.25) is 0 Å². The first-order valence-electron chi connectivity index (χ1n) is 7.79. The predicted molar refractivity (Wildman–Crippen MR) is 99.3 cm³/mol. The lowest BCUT2D eigenvalue weighted by atomic mass is 10.1. The zero-order valence-electron chi connectivity index (χ0n) is 14.2. The van der Waals surface area contributed by atoms with Crippen LogP contribution in [0.25, 0.3) is 5.65 Å². The second-order valence-electron chi connectivity index (χ2n) is 5.88. The van der Waals surface area contributed by atoms with Crippen molar-refractivity contribution in [2.24, 2.45) is 0 Å². The predicted octanol–water partition coefficient (Wildman–Crippen LogP) is 2.75. The molecule has 1 N–H and O–H groups in total. The molecule has 0 unspecified atom stereocenters. The van der Waals surface area contributed by atoms with E-state index < -0.39 is 5.69 Å². The Morgan fingerprint density at radius 1 is 1.12 bits per heavy atom. The van der Waals surface area contributed by atoms with Crippen LogP contribution in [-0.2, 0) is 4.79 Å². The van der Waals surface area contributed by atoms with E-state index in [4.69, 9.17) is 0 Å². The van der Waals surface area contributed by atoms with Crippen molar-refractivity contribution in [2.45, 2.75) is 25.9 Å². The van der Waals surface area contributed by atoms with Crippen LogP contribution in [0.5, 0.6) is 0 Å². The van der Waals surface area contributed by atoms with Crippen molar-refractivity contribution in [3.05, 3.63) is 63.7 Å². The van der Waals surface area contributed by atoms with Crippen LogP contribution >= 0.6 is 11.8 Å². The summed E-state index contributed by atoms with van der Waals surface area (Å²) >= 11 is 1.15. The Labute approximate surface area is 149 Å². The van der Waals surface area contributed by atoms with E-state index in [1.807, 2.05) is 51.1 Å². The third-order valence-corrected chi connectivity index (χ3v) is 4.54. The number of anilines is 1. The first kappa shape index (κ1) is 17.2. The fraction of sp³-hybridized carbons (Fsp3) is 0.222. The summed E-state index contributed by atoms with van der Waals surface area (Å²) in [7, 11) is 0. The maximum atomic E-state index is 12.2. The number of fused-ring (bicyclic) bond motifs is 1. The lowest BCUT2D eigenvalue weighted by molar-refractivity contribution is -0.113. The van der Waals surface area contributed by atoms with Gasteiger partial charge in [-0.3, -0.25) is 9.20 Å². The summed E-state index contributed by atoms with van der Waals surface area (Å²) in [6, 6.07) is 9.52. The van der Waals surface area contributed by atoms with Crippen molar-refractivity contribution < 1.29 is 4.79 Å². The summed E-state index contributed by atoms with van der Waals surface area (Å²) in [6.45, 7) is 5.84. The van der Waals surface area contributed by atoms with Gasteiger partial charge in [0, 0.05) is 11.9 Å². The van der Waals surface area contributed by atoms with Crippen molar-refractivity contribution in [1.82, 2.24) is 14.4 Å². The Morgan fingerprint density at radius 2 is 1.88 bits per heavy atom. The van der Waals surface area contributed by atoms with Gasteiger partial charge in [0.05, 0.1) is 5.75 Å². The molecule has 0 spiro atoms. The van der Waals surface area contributed by atoms with E-state index in [2.05, 4.69) is 15.3 Å². The number of aryl methyl sites for hydroxylation is 3. The molecule has 3 rings (SSSR count). The number of thioether (sulfide) groups is 1. The summed E-state index contributed by atoms with van der Waals surface area (Å²) in [5.74, 6) is -0.0267. The standard InChI is InChI=1S/C18H18N4O2S/c1-11-4-5-13(3)14(8-11)19-16(23)10-25-17-20-15-9-12(2)6-7-22(15)18(24)21-17/h4-9H,10H2,1-3H3,(H,19,23). The molecule has 0 radical (unpaired) electrons. The number of hydrogen-bond acceptors (Lipinski definition) is 5. The lowest BCUT2D eigenvalue weighted by Gasteiger charge is -2.09. The normalized spacial score (nSPS) is 10.8. The number of nitrogens with one attached hydrogen (secondary N) is 1. The highest BCUT2D eigenvalue weighted by molar-refractivity contribution is 7.99. The molecule has 2 heterocycles. The minimum atomic E-state index is -0.401. The number of carbonyl (C=O) groups is 1. The van der Waals surface area contributed by atoms with Gasteiger partial charge in [0.25, 0.3) is 0 Å². The Morgan fingerprint density at radius 3 is 2.68 bits per heavy atom. The third-order valence-electron chi connectivity index (χ3n) is 3.70. The number of aromatic nitrogens is 3. The van der Waals surface area contributed by atoms with E-state index in [1.54, 1.807) is 6.20 Å². The molecule has 128 valence electrons. The van der Waals surface area contributed by atoms with Crippen molar-refractivity contribution >= 4 is 29.0 Å². The quantitative estimate of drug-likeness (QED) is 0.729. The van der Waals surface area contributed by atoms with Crippen LogP contribution in [0.4, 0.5) is 5.69 Å². The van der Waals surface area contributed by atoms with Crippen molar-refractivity contribution in [2.75, 3.05) is 11.1 Å². The summed E-state index contributed by atoms with van der Waals surface area (Å²) in [6.07, 6.45) is 1.65. The summed E-state index contributed by atoms with van der Waals surface area (Å²) in [5.41, 5.74) is 4.00. The molecule has 25 heavy (non-hydrogen) atoms. The molecule has 7 heteroatoms. The molecular weight excluding hydrogens is 336 g/mol. The third kappa shape index (κ3) is 4.06. The molecule has 0 aliphatic rings. The van der Waals surface area contributed by atoms with Gasteiger partial charge in [-0.1, -0.05) is 23.9 Å². The van der Waals surface area contributed by atoms with Gasteiger partial charge in [-0.25, -0.2) is 9.78 Å². The Hall–Kier alpha value is -2.67. The molecule has 0 saturated carbocycles. The Bertz CT molecular complexity index is 1010. The largest absolute Gasteiger partial charge is 0.355 e. The molecule has 6 nitrogen and oxygen atoms in total. The zero-order chi connectivity index (χ0) is 18.0. The van der Waals surface area contributed by atoms with Gasteiger partial charge < -0.3 is 5.32 Å². The molecular formula is C18H18N4O2S. The van der Waals surface area contributed by atoms with Gasteiger partial charge in [0.2, 0.25) is 5.91 Å². The number of benzene rings is 1. The monoisotopic (exact) mass is 354 g/mol. The van der Waals surface area contributed by atoms with Crippen LogP contribution in [0.1, 0.15) is 16.7 Å². The fourth-order valence-corrected chi connectivity index (χ4v) is 2.98. The number of nitrogens with zero attached hydrogens (tertiary/aromatic N) is 3. The summed E-state index contributed by atoms with van der Waals surface area (Å²) in [5, 5.41) is 3.18. The Kier molecular flexibility index (Phi) is 4.85. The number of carbonyl (C=O) groups excluding carboxylic acids is 1. The zero-order valence-corrected chi connectivity index (χ0v) is 15.1. The highest BCUT2D eigenvalue weighted by Crippen LogP contribution is 2.18. The van der Waals surface area contributed by atoms with Crippen LogP contribution < -0.4 is 11.0 Å². The molecule has 1 amide bonds. The number of hydrogen-bond donors (Lipinski definition) is 1. The molecule has 0 aliphatic carbocycles. The van der Waals surface area contributed by atoms with Crippen LogP contribution in [0.15, 0.2) is 46.5 Å². The van der Waals surface area contributed by atoms with Crippen molar-refractivity contribution in [3.8, 4) is 0 Å². The average molecular weight is 354 g/mol. The molecule has 0 aliphatic heterocycles. The SMILES string of the molecule is Cc1ccc(C)c(NC(=O)CSc2nc(=O)n3ccc(C)cc3n2)c1. The van der Waals surface area contributed by atoms with Gasteiger partial charge >= 0.3 is 5.69 Å². The maximum absolute atomic E-state index is 12.2. The minimum Gasteiger partial charge on any atom is -0.325 e. The van der Waals surface area contributed by atoms with E-state index in [-0.39, 0.29) is 11.7 Å². The maximum Gasteiger partial charge on any atom is 0.355 e. The first-order valence-corrected chi connectivity index (χ1v) is 8.78. The molecule has 0 saturated heterocycles. The van der Waals surface area contributed by atoms with E-state index in [1.165, 1.54) is 4.40 Å². The average Bonchev–Trinajstić information content (AvgIpc) is 2.56. The van der Waals surface area contributed by atoms with Gasteiger partial charge in [-0.05, 0) is 55.7 Å². The number of rotatable bonds is 4. The van der Waals surface area contributed by atoms with Crippen LogP contribution in [0, 0.1) is 20.8 Å². The van der Waals surface area contributed by atoms with E-state index in [0.29, 0.717) is 10.8 Å². The lowest BCUT2D eigenvalue weighted by Crippen LogP contribution is -2.20. The Balaban J connectivity index is 1.73. The van der Waals surface area contributed by atoms with Crippen LogP contribution in [0.3, 0.4) is 0 Å². The number of amides is 1. The number of pyridine rings is 1. The molecule has 0 atom stereocenters. The highest BCUT2D eigenvalue weighted by atomic mass is 32.2. The summed E-state index contributed by atoms with van der Waals surface area (Å²) < 4.78 is 1.38. The first-order chi connectivity index (χ1) is 11.9. The second-order valence-corrected chi connectivity index (χ2v) is 6.82. The molecule has 3 aromatic rings. The molecule has 2 aromatic heterocycles. The van der Waals surface area contributed by atoms with Crippen molar-refractivity contribution in [3.63, 3.8) is 0 Å².